The van der Waals surface area contributed by atoms with Gasteiger partial charge in [-0.25, -0.2) is 10.4 Å². The summed E-state index contributed by atoms with van der Waals surface area (Å²) < 4.78 is 1.50. The number of non-ortho nitro benzene ring substituents is 1. The first kappa shape index (κ1) is 24.1. The van der Waals surface area contributed by atoms with Crippen molar-refractivity contribution in [3.8, 4) is 5.69 Å². The number of carbonyl (C=O) groups excluding carboxylic acids is 1. The highest BCUT2D eigenvalue weighted by Gasteiger charge is 2.16. The Bertz CT molecular complexity index is 1540. The van der Waals surface area contributed by atoms with Crippen molar-refractivity contribution in [2.45, 2.75) is 12.1 Å². The number of nitro benzene ring substituents is 1. The number of para-hydroxylation sites is 2. The lowest BCUT2D eigenvalue weighted by Crippen LogP contribution is -2.24. The molecule has 3 aromatic carbocycles. The van der Waals surface area contributed by atoms with Crippen LogP contribution in [0.1, 0.15) is 11.1 Å². The molecule has 176 valence electrons. The highest BCUT2D eigenvalue weighted by Crippen LogP contribution is 2.23. The van der Waals surface area contributed by atoms with Crippen LogP contribution in [0, 0.1) is 17.0 Å². The van der Waals surface area contributed by atoms with Gasteiger partial charge in [-0.2, -0.15) is 5.10 Å². The molecule has 1 N–H and O–H groups in total. The monoisotopic (exact) mass is 507 g/mol. The zero-order chi connectivity index (χ0) is 24.9. The summed E-state index contributed by atoms with van der Waals surface area (Å²) >= 11 is 7.13. The lowest BCUT2D eigenvalue weighted by atomic mass is 10.2. The average molecular weight is 508 g/mol. The first-order valence-corrected chi connectivity index (χ1v) is 11.7. The average Bonchev–Trinajstić information content (AvgIpc) is 2.84. The summed E-state index contributed by atoms with van der Waals surface area (Å²) in [5.41, 5.74) is 4.38. The van der Waals surface area contributed by atoms with Gasteiger partial charge in [-0.1, -0.05) is 53.7 Å². The molecule has 0 unspecified atom stereocenters. The Hall–Kier alpha value is -4.02. The van der Waals surface area contributed by atoms with E-state index in [0.29, 0.717) is 27.3 Å². The second kappa shape index (κ2) is 10.5. The second-order valence-corrected chi connectivity index (χ2v) is 8.73. The number of aryl methyl sites for hydroxylation is 1. The smallest absolute Gasteiger partial charge is 0.270 e. The van der Waals surface area contributed by atoms with Gasteiger partial charge in [-0.15, -0.1) is 0 Å². The molecule has 0 bridgehead atoms. The Labute approximate surface area is 208 Å². The Morgan fingerprint density at radius 2 is 1.94 bits per heavy atom. The second-order valence-electron chi connectivity index (χ2n) is 7.38. The number of rotatable bonds is 7. The summed E-state index contributed by atoms with van der Waals surface area (Å²) in [6.07, 6.45) is 1.23. The Balaban J connectivity index is 1.56. The van der Waals surface area contributed by atoms with Crippen LogP contribution in [0.3, 0.4) is 0 Å². The van der Waals surface area contributed by atoms with Crippen LogP contribution in [0.25, 0.3) is 16.6 Å². The van der Waals surface area contributed by atoms with E-state index in [2.05, 4.69) is 15.5 Å². The number of carbonyl (C=O) groups is 1. The number of benzene rings is 3. The van der Waals surface area contributed by atoms with Crippen molar-refractivity contribution in [1.82, 2.24) is 15.0 Å². The molecule has 1 aromatic heterocycles. The predicted molar refractivity (Wildman–Crippen MR) is 137 cm³/mol. The summed E-state index contributed by atoms with van der Waals surface area (Å²) in [6.45, 7) is 1.89. The molecule has 0 atom stereocenters. The lowest BCUT2D eigenvalue weighted by molar-refractivity contribution is -0.384. The molecule has 0 saturated carbocycles. The number of nitro groups is 1. The summed E-state index contributed by atoms with van der Waals surface area (Å²) in [5.74, 6) is -0.525. The minimum Gasteiger partial charge on any atom is -0.272 e. The first-order chi connectivity index (χ1) is 16.8. The van der Waals surface area contributed by atoms with E-state index in [1.165, 1.54) is 29.0 Å². The molecule has 0 aliphatic carbocycles. The van der Waals surface area contributed by atoms with Crippen LogP contribution in [-0.4, -0.2) is 32.3 Å². The standard InChI is InChI=1S/C24H18ClN5O4S/c1-15-6-2-5-9-21(15)29-23(32)18-7-3-4-8-20(18)27-24(29)35-14-22(31)28-26-13-16-12-17(30(33)34)10-11-19(16)25/h2-13H,14H2,1H3,(H,28,31)/b26-13-. The van der Waals surface area contributed by atoms with Gasteiger partial charge in [0.05, 0.1) is 33.5 Å². The molecule has 9 nitrogen and oxygen atoms in total. The molecule has 35 heavy (non-hydrogen) atoms. The van der Waals surface area contributed by atoms with Crippen LogP contribution in [0.5, 0.6) is 0 Å². The van der Waals surface area contributed by atoms with Crippen molar-refractivity contribution >= 4 is 52.1 Å². The molecule has 1 amide bonds. The zero-order valence-corrected chi connectivity index (χ0v) is 19.9. The maximum absolute atomic E-state index is 13.3. The SMILES string of the molecule is Cc1ccccc1-n1c(SCC(=O)N/N=C\c2cc([N+](=O)[O-])ccc2Cl)nc2ccccc2c1=O. The van der Waals surface area contributed by atoms with E-state index in [1.807, 2.05) is 31.2 Å². The topological polar surface area (TPSA) is 119 Å². The van der Waals surface area contributed by atoms with Gasteiger partial charge in [0.1, 0.15) is 0 Å². The van der Waals surface area contributed by atoms with Gasteiger partial charge < -0.3 is 0 Å². The van der Waals surface area contributed by atoms with E-state index < -0.39 is 10.8 Å². The fourth-order valence-corrected chi connectivity index (χ4v) is 4.28. The van der Waals surface area contributed by atoms with Gasteiger partial charge in [-0.3, -0.25) is 24.3 Å². The zero-order valence-electron chi connectivity index (χ0n) is 18.3. The highest BCUT2D eigenvalue weighted by molar-refractivity contribution is 7.99. The fraction of sp³-hybridized carbons (Fsp3) is 0.0833. The molecule has 0 aliphatic heterocycles. The molecule has 11 heteroatoms. The molecule has 0 saturated heterocycles. The number of aromatic nitrogens is 2. The summed E-state index contributed by atoms with van der Waals surface area (Å²) in [4.78, 5) is 40.7. The first-order valence-electron chi connectivity index (χ1n) is 10.3. The number of nitrogens with zero attached hydrogens (tertiary/aromatic N) is 4. The van der Waals surface area contributed by atoms with E-state index in [-0.39, 0.29) is 22.0 Å². The summed E-state index contributed by atoms with van der Waals surface area (Å²) in [5, 5.41) is 15.9. The molecule has 4 aromatic rings. The maximum atomic E-state index is 13.3. The number of halogens is 1. The number of hydrogen-bond acceptors (Lipinski definition) is 7. The largest absolute Gasteiger partial charge is 0.272 e. The van der Waals surface area contributed by atoms with Crippen LogP contribution in [0.15, 0.2) is 81.8 Å². The molecule has 0 aliphatic rings. The molecule has 0 radical (unpaired) electrons. The Morgan fingerprint density at radius 3 is 2.71 bits per heavy atom. The van der Waals surface area contributed by atoms with Crippen LogP contribution in [0.2, 0.25) is 5.02 Å². The van der Waals surface area contributed by atoms with Gasteiger partial charge in [0.15, 0.2) is 5.16 Å². The molecule has 4 rings (SSSR count). The predicted octanol–water partition coefficient (Wildman–Crippen LogP) is 4.50. The van der Waals surface area contributed by atoms with E-state index in [1.54, 1.807) is 24.3 Å². The Kier molecular flexibility index (Phi) is 7.23. The molecular weight excluding hydrogens is 490 g/mol. The van der Waals surface area contributed by atoms with Crippen molar-refractivity contribution in [3.63, 3.8) is 0 Å². The van der Waals surface area contributed by atoms with Gasteiger partial charge in [0, 0.05) is 22.7 Å². The number of amides is 1. The van der Waals surface area contributed by atoms with E-state index in [4.69, 9.17) is 11.6 Å². The molecule has 0 fully saturated rings. The fourth-order valence-electron chi connectivity index (χ4n) is 3.32. The molecule has 0 spiro atoms. The number of hydrazone groups is 1. The minimum absolute atomic E-state index is 0.0727. The van der Waals surface area contributed by atoms with Crippen molar-refractivity contribution in [3.05, 3.63) is 103 Å². The quantitative estimate of drug-likeness (QED) is 0.129. The van der Waals surface area contributed by atoms with Crippen LogP contribution in [-0.2, 0) is 4.79 Å². The number of hydrogen-bond donors (Lipinski definition) is 1. The van der Waals surface area contributed by atoms with Crippen LogP contribution in [0.4, 0.5) is 5.69 Å². The van der Waals surface area contributed by atoms with Crippen molar-refractivity contribution in [2.24, 2.45) is 5.10 Å². The number of fused-ring (bicyclic) bond motifs is 1. The van der Waals surface area contributed by atoms with E-state index in [9.17, 15) is 19.7 Å². The van der Waals surface area contributed by atoms with Gasteiger partial charge >= 0.3 is 0 Å². The Morgan fingerprint density at radius 1 is 1.20 bits per heavy atom. The normalized spacial score (nSPS) is 11.1. The third-order valence-corrected chi connectivity index (χ3v) is 6.30. The summed E-state index contributed by atoms with van der Waals surface area (Å²) in [6, 6.07) is 18.4. The van der Waals surface area contributed by atoms with Crippen molar-refractivity contribution in [2.75, 3.05) is 5.75 Å². The van der Waals surface area contributed by atoms with Gasteiger partial charge in [0.25, 0.3) is 17.2 Å². The van der Waals surface area contributed by atoms with E-state index in [0.717, 1.165) is 17.3 Å². The number of nitrogens with one attached hydrogen (secondary N) is 1. The van der Waals surface area contributed by atoms with Gasteiger partial charge in [0.2, 0.25) is 0 Å². The lowest BCUT2D eigenvalue weighted by Gasteiger charge is -2.14. The van der Waals surface area contributed by atoms with Crippen molar-refractivity contribution < 1.29 is 9.72 Å². The van der Waals surface area contributed by atoms with Gasteiger partial charge in [-0.05, 0) is 36.8 Å². The van der Waals surface area contributed by atoms with Crippen LogP contribution < -0.4 is 11.0 Å². The van der Waals surface area contributed by atoms with Crippen molar-refractivity contribution in [1.29, 1.82) is 0 Å². The molecule has 1 heterocycles. The maximum Gasteiger partial charge on any atom is 0.270 e. The van der Waals surface area contributed by atoms with Crippen LogP contribution >= 0.6 is 23.4 Å². The third kappa shape index (κ3) is 5.39. The summed E-state index contributed by atoms with van der Waals surface area (Å²) in [7, 11) is 0. The minimum atomic E-state index is -0.548. The molecular formula is C24H18ClN5O4S. The third-order valence-electron chi connectivity index (χ3n) is 5.02. The highest BCUT2D eigenvalue weighted by atomic mass is 35.5. The number of thioether (sulfide) groups is 1. The van der Waals surface area contributed by atoms with E-state index >= 15 is 0 Å².